The molecule has 1 rings (SSSR count). The van der Waals surface area contributed by atoms with Gasteiger partial charge in [-0.2, -0.15) is 0 Å². The first kappa shape index (κ1) is 12.4. The molecule has 0 aliphatic rings. The second kappa shape index (κ2) is 5.45. The van der Waals surface area contributed by atoms with Gasteiger partial charge in [-0.25, -0.2) is 0 Å². The van der Waals surface area contributed by atoms with E-state index in [1.54, 1.807) is 11.3 Å². The van der Waals surface area contributed by atoms with Gasteiger partial charge in [0.2, 0.25) is 0 Å². The van der Waals surface area contributed by atoms with Gasteiger partial charge in [-0.3, -0.25) is 4.79 Å². The zero-order chi connectivity index (χ0) is 11.4. The normalized spacial score (nSPS) is 11.0. The number of rotatable bonds is 5. The fourth-order valence-electron chi connectivity index (χ4n) is 1.65. The Morgan fingerprint density at radius 1 is 1.33 bits per heavy atom. The van der Waals surface area contributed by atoms with Crippen LogP contribution in [0.25, 0.3) is 0 Å². The summed E-state index contributed by atoms with van der Waals surface area (Å²) in [6.45, 7) is 8.46. The second-order valence-corrected chi connectivity index (χ2v) is 5.42. The molecule has 84 valence electrons. The molecule has 0 bridgehead atoms. The monoisotopic (exact) mass is 224 g/mol. The van der Waals surface area contributed by atoms with Crippen LogP contribution in [0.2, 0.25) is 0 Å². The molecule has 15 heavy (non-hydrogen) atoms. The molecule has 0 atom stereocenters. The van der Waals surface area contributed by atoms with Gasteiger partial charge in [-0.1, -0.05) is 26.7 Å². The van der Waals surface area contributed by atoms with E-state index < -0.39 is 0 Å². The Morgan fingerprint density at radius 2 is 1.93 bits per heavy atom. The van der Waals surface area contributed by atoms with Gasteiger partial charge >= 0.3 is 0 Å². The quantitative estimate of drug-likeness (QED) is 0.679. The largest absolute Gasteiger partial charge is 0.293 e. The summed E-state index contributed by atoms with van der Waals surface area (Å²) in [5.74, 6) is 0.880. The predicted molar refractivity (Wildman–Crippen MR) is 66.8 cm³/mol. The van der Waals surface area contributed by atoms with Gasteiger partial charge in [0.15, 0.2) is 5.78 Å². The molecular weight excluding hydrogens is 204 g/mol. The zero-order valence-electron chi connectivity index (χ0n) is 10.1. The number of ketones is 1. The molecule has 0 saturated carbocycles. The minimum absolute atomic E-state index is 0.324. The molecule has 1 aromatic rings. The van der Waals surface area contributed by atoms with Crippen molar-refractivity contribution in [3.63, 3.8) is 0 Å². The van der Waals surface area contributed by atoms with E-state index in [0.717, 1.165) is 17.7 Å². The lowest BCUT2D eigenvalue weighted by Gasteiger charge is -2.09. The average molecular weight is 224 g/mol. The predicted octanol–water partition coefficient (Wildman–Crippen LogP) is 4.37. The highest BCUT2D eigenvalue weighted by molar-refractivity contribution is 7.14. The van der Waals surface area contributed by atoms with Crippen LogP contribution in [-0.4, -0.2) is 5.78 Å². The molecule has 2 heteroatoms. The third kappa shape index (κ3) is 3.16. The minimum atomic E-state index is 0.324. The summed E-state index contributed by atoms with van der Waals surface area (Å²) in [4.78, 5) is 14.2. The molecule has 1 nitrogen and oxygen atoms in total. The summed E-state index contributed by atoms with van der Waals surface area (Å²) < 4.78 is 0. The van der Waals surface area contributed by atoms with E-state index in [1.807, 2.05) is 6.07 Å². The van der Waals surface area contributed by atoms with Crippen molar-refractivity contribution in [2.24, 2.45) is 5.92 Å². The van der Waals surface area contributed by atoms with Gasteiger partial charge in [-0.05, 0) is 31.4 Å². The van der Waals surface area contributed by atoms with Crippen LogP contribution in [0.5, 0.6) is 0 Å². The van der Waals surface area contributed by atoms with E-state index >= 15 is 0 Å². The number of thiophene rings is 1. The Labute approximate surface area is 96.5 Å². The fraction of sp³-hybridized carbons (Fsp3) is 0.615. The smallest absolute Gasteiger partial charge is 0.173 e. The lowest BCUT2D eigenvalue weighted by atomic mass is 9.96. The van der Waals surface area contributed by atoms with Gasteiger partial charge in [-0.15, -0.1) is 11.3 Å². The van der Waals surface area contributed by atoms with Crippen LogP contribution < -0.4 is 0 Å². The van der Waals surface area contributed by atoms with Crippen LogP contribution in [0.4, 0.5) is 0 Å². The standard InChI is InChI=1S/C13H20OS/c1-5-11(6-2)8-12(14)13-7-9(3)10(4)15-13/h7,11H,5-6,8H2,1-4H3. The second-order valence-electron chi connectivity index (χ2n) is 4.16. The van der Waals surface area contributed by atoms with Gasteiger partial charge in [0.05, 0.1) is 4.88 Å². The fourth-order valence-corrected chi connectivity index (χ4v) is 2.63. The molecule has 1 heterocycles. The van der Waals surface area contributed by atoms with Crippen molar-refractivity contribution in [3.05, 3.63) is 21.4 Å². The summed E-state index contributed by atoms with van der Waals surface area (Å²) >= 11 is 1.64. The van der Waals surface area contributed by atoms with Crippen LogP contribution in [0.3, 0.4) is 0 Å². The molecule has 0 saturated heterocycles. The summed E-state index contributed by atoms with van der Waals surface area (Å²) in [6, 6.07) is 2.03. The molecular formula is C13H20OS. The summed E-state index contributed by atoms with van der Waals surface area (Å²) in [7, 11) is 0. The molecule has 0 unspecified atom stereocenters. The molecule has 1 aromatic heterocycles. The first-order valence-corrected chi connectivity index (χ1v) is 6.50. The number of hydrogen-bond donors (Lipinski definition) is 0. The average Bonchev–Trinajstić information content (AvgIpc) is 2.55. The van der Waals surface area contributed by atoms with E-state index in [-0.39, 0.29) is 0 Å². The maximum absolute atomic E-state index is 11.9. The van der Waals surface area contributed by atoms with E-state index in [4.69, 9.17) is 0 Å². The first-order valence-electron chi connectivity index (χ1n) is 5.68. The number of hydrogen-bond acceptors (Lipinski definition) is 2. The molecule has 0 aromatic carbocycles. The third-order valence-corrected chi connectivity index (χ3v) is 4.26. The summed E-state index contributed by atoms with van der Waals surface area (Å²) in [5.41, 5.74) is 1.24. The highest BCUT2D eigenvalue weighted by Gasteiger charge is 2.14. The molecule has 0 N–H and O–H groups in total. The van der Waals surface area contributed by atoms with Crippen LogP contribution in [-0.2, 0) is 0 Å². The van der Waals surface area contributed by atoms with Crippen molar-refractivity contribution in [1.29, 1.82) is 0 Å². The number of aryl methyl sites for hydroxylation is 2. The Kier molecular flexibility index (Phi) is 4.52. The molecule has 0 radical (unpaired) electrons. The van der Waals surface area contributed by atoms with Crippen LogP contribution in [0.1, 0.15) is 53.2 Å². The summed E-state index contributed by atoms with van der Waals surface area (Å²) in [6.07, 6.45) is 2.92. The first-order chi connectivity index (χ1) is 7.08. The number of carbonyl (C=O) groups excluding carboxylic acids is 1. The molecule has 0 aliphatic carbocycles. The minimum Gasteiger partial charge on any atom is -0.293 e. The van der Waals surface area contributed by atoms with Crippen molar-refractivity contribution in [3.8, 4) is 0 Å². The Balaban J connectivity index is 2.68. The maximum Gasteiger partial charge on any atom is 0.173 e. The molecule has 0 fully saturated rings. The van der Waals surface area contributed by atoms with Crippen molar-refractivity contribution in [1.82, 2.24) is 0 Å². The van der Waals surface area contributed by atoms with Gasteiger partial charge in [0, 0.05) is 11.3 Å². The lowest BCUT2D eigenvalue weighted by molar-refractivity contribution is 0.0962. The number of Topliss-reactive ketones (excluding diaryl/α,β-unsaturated/α-hetero) is 1. The molecule has 0 amide bonds. The van der Waals surface area contributed by atoms with Crippen molar-refractivity contribution >= 4 is 17.1 Å². The van der Waals surface area contributed by atoms with Gasteiger partial charge in [0.25, 0.3) is 0 Å². The summed E-state index contributed by atoms with van der Waals surface area (Å²) in [5, 5.41) is 0. The topological polar surface area (TPSA) is 17.1 Å². The van der Waals surface area contributed by atoms with Gasteiger partial charge in [0.1, 0.15) is 0 Å². The Morgan fingerprint density at radius 3 is 2.33 bits per heavy atom. The zero-order valence-corrected chi connectivity index (χ0v) is 10.9. The van der Waals surface area contributed by atoms with E-state index in [0.29, 0.717) is 18.1 Å². The van der Waals surface area contributed by atoms with Crippen molar-refractivity contribution < 1.29 is 4.79 Å². The van der Waals surface area contributed by atoms with Crippen LogP contribution in [0, 0.1) is 19.8 Å². The number of carbonyl (C=O) groups is 1. The van der Waals surface area contributed by atoms with Gasteiger partial charge < -0.3 is 0 Å². The highest BCUT2D eigenvalue weighted by atomic mass is 32.1. The van der Waals surface area contributed by atoms with E-state index in [9.17, 15) is 4.79 Å². The lowest BCUT2D eigenvalue weighted by Crippen LogP contribution is -2.05. The third-order valence-electron chi connectivity index (χ3n) is 3.07. The van der Waals surface area contributed by atoms with E-state index in [1.165, 1.54) is 10.4 Å². The van der Waals surface area contributed by atoms with Crippen LogP contribution in [0.15, 0.2) is 6.07 Å². The van der Waals surface area contributed by atoms with Crippen molar-refractivity contribution in [2.45, 2.75) is 47.0 Å². The maximum atomic E-state index is 11.9. The Hall–Kier alpha value is -0.630. The highest BCUT2D eigenvalue weighted by Crippen LogP contribution is 2.24. The van der Waals surface area contributed by atoms with E-state index in [2.05, 4.69) is 27.7 Å². The van der Waals surface area contributed by atoms with Crippen LogP contribution >= 0.6 is 11.3 Å². The molecule has 0 spiro atoms. The molecule has 0 aliphatic heterocycles. The van der Waals surface area contributed by atoms with Crippen molar-refractivity contribution in [2.75, 3.05) is 0 Å². The SMILES string of the molecule is CCC(CC)CC(=O)c1cc(C)c(C)s1. The Bertz CT molecular complexity index is 315.